The molecule has 1 fully saturated rings. The second kappa shape index (κ2) is 7.20. The molecular formula is C12H26N2O. The minimum Gasteiger partial charge on any atom is -0.383 e. The molecule has 3 nitrogen and oxygen atoms in total. The summed E-state index contributed by atoms with van der Waals surface area (Å²) in [5.74, 6) is 0.963. The molecule has 15 heavy (non-hydrogen) atoms. The molecule has 1 rings (SSSR count). The first-order valence-corrected chi connectivity index (χ1v) is 6.23. The SMILES string of the molecule is CCCC1CCN(CC(N)COC)CC1. The van der Waals surface area contributed by atoms with E-state index < -0.39 is 0 Å². The summed E-state index contributed by atoms with van der Waals surface area (Å²) >= 11 is 0. The number of hydrogen-bond acceptors (Lipinski definition) is 3. The van der Waals surface area contributed by atoms with Crippen LogP contribution in [0.2, 0.25) is 0 Å². The van der Waals surface area contributed by atoms with Gasteiger partial charge in [0.1, 0.15) is 0 Å². The summed E-state index contributed by atoms with van der Waals surface area (Å²) in [5.41, 5.74) is 5.94. The van der Waals surface area contributed by atoms with Gasteiger partial charge in [-0.2, -0.15) is 0 Å². The molecular weight excluding hydrogens is 188 g/mol. The first-order valence-electron chi connectivity index (χ1n) is 6.23. The molecule has 2 N–H and O–H groups in total. The predicted molar refractivity (Wildman–Crippen MR) is 63.9 cm³/mol. The third-order valence-electron chi connectivity index (χ3n) is 3.28. The number of hydrogen-bond donors (Lipinski definition) is 1. The minimum atomic E-state index is 0.178. The molecule has 0 aliphatic carbocycles. The monoisotopic (exact) mass is 214 g/mol. The van der Waals surface area contributed by atoms with Gasteiger partial charge in [-0.15, -0.1) is 0 Å². The van der Waals surface area contributed by atoms with Gasteiger partial charge in [0.25, 0.3) is 0 Å². The summed E-state index contributed by atoms with van der Waals surface area (Å²) in [6, 6.07) is 0.178. The first kappa shape index (κ1) is 12.9. The van der Waals surface area contributed by atoms with Gasteiger partial charge in [-0.05, 0) is 31.8 Å². The fourth-order valence-corrected chi connectivity index (χ4v) is 2.46. The Morgan fingerprint density at radius 3 is 2.60 bits per heavy atom. The number of nitrogens with zero attached hydrogens (tertiary/aromatic N) is 1. The van der Waals surface area contributed by atoms with Crippen molar-refractivity contribution in [2.24, 2.45) is 11.7 Å². The highest BCUT2D eigenvalue weighted by atomic mass is 16.5. The molecule has 0 aromatic carbocycles. The van der Waals surface area contributed by atoms with Crippen molar-refractivity contribution in [2.75, 3.05) is 33.4 Å². The smallest absolute Gasteiger partial charge is 0.0626 e. The van der Waals surface area contributed by atoms with Crippen LogP contribution >= 0.6 is 0 Å². The normalized spacial score (nSPS) is 21.8. The minimum absolute atomic E-state index is 0.178. The average molecular weight is 214 g/mol. The molecule has 1 aliphatic heterocycles. The van der Waals surface area contributed by atoms with Gasteiger partial charge in [0.15, 0.2) is 0 Å². The summed E-state index contributed by atoms with van der Waals surface area (Å²) in [7, 11) is 1.72. The number of ether oxygens (including phenoxy) is 1. The fraction of sp³-hybridized carbons (Fsp3) is 1.00. The molecule has 0 aromatic heterocycles. The largest absolute Gasteiger partial charge is 0.383 e. The zero-order valence-electron chi connectivity index (χ0n) is 10.2. The van der Waals surface area contributed by atoms with E-state index in [9.17, 15) is 0 Å². The molecule has 0 spiro atoms. The van der Waals surface area contributed by atoms with E-state index in [-0.39, 0.29) is 6.04 Å². The van der Waals surface area contributed by atoms with E-state index in [0.717, 1.165) is 12.5 Å². The van der Waals surface area contributed by atoms with E-state index in [2.05, 4.69) is 11.8 Å². The number of methoxy groups -OCH3 is 1. The zero-order valence-corrected chi connectivity index (χ0v) is 10.2. The Morgan fingerprint density at radius 1 is 1.40 bits per heavy atom. The van der Waals surface area contributed by atoms with Gasteiger partial charge in [0.2, 0.25) is 0 Å². The molecule has 1 saturated heterocycles. The second-order valence-corrected chi connectivity index (χ2v) is 4.75. The summed E-state index contributed by atoms with van der Waals surface area (Å²) in [6.07, 6.45) is 5.44. The van der Waals surface area contributed by atoms with E-state index >= 15 is 0 Å². The number of piperidine rings is 1. The number of likely N-dealkylation sites (tertiary alicyclic amines) is 1. The summed E-state index contributed by atoms with van der Waals surface area (Å²) in [5, 5.41) is 0. The Hall–Kier alpha value is -0.120. The lowest BCUT2D eigenvalue weighted by atomic mass is 9.92. The van der Waals surface area contributed by atoms with Crippen LogP contribution in [0.1, 0.15) is 32.6 Å². The zero-order chi connectivity index (χ0) is 11.1. The maximum absolute atomic E-state index is 5.94. The van der Waals surface area contributed by atoms with Gasteiger partial charge < -0.3 is 15.4 Å². The highest BCUT2D eigenvalue weighted by molar-refractivity contribution is 4.75. The molecule has 0 radical (unpaired) electrons. The van der Waals surface area contributed by atoms with Gasteiger partial charge in [0.05, 0.1) is 6.61 Å². The lowest BCUT2D eigenvalue weighted by Crippen LogP contribution is -2.43. The first-order chi connectivity index (χ1) is 7.26. The quantitative estimate of drug-likeness (QED) is 0.728. The van der Waals surface area contributed by atoms with Crippen molar-refractivity contribution in [3.63, 3.8) is 0 Å². The topological polar surface area (TPSA) is 38.5 Å². The van der Waals surface area contributed by atoms with Gasteiger partial charge in [-0.25, -0.2) is 0 Å². The van der Waals surface area contributed by atoms with Gasteiger partial charge in [-0.1, -0.05) is 19.8 Å². The van der Waals surface area contributed by atoms with E-state index in [1.165, 1.54) is 38.8 Å². The Bertz CT molecular complexity index is 156. The van der Waals surface area contributed by atoms with E-state index in [4.69, 9.17) is 10.5 Å². The molecule has 0 saturated carbocycles. The van der Waals surface area contributed by atoms with Crippen LogP contribution in [0.25, 0.3) is 0 Å². The van der Waals surface area contributed by atoms with Gasteiger partial charge in [-0.3, -0.25) is 0 Å². The third-order valence-corrected chi connectivity index (χ3v) is 3.28. The Balaban J connectivity index is 2.14. The van der Waals surface area contributed by atoms with Crippen LogP contribution in [0.5, 0.6) is 0 Å². The Kier molecular flexibility index (Phi) is 6.22. The van der Waals surface area contributed by atoms with Crippen LogP contribution in [0, 0.1) is 5.92 Å². The van der Waals surface area contributed by atoms with Crippen molar-refractivity contribution in [1.29, 1.82) is 0 Å². The van der Waals surface area contributed by atoms with Crippen molar-refractivity contribution in [3.8, 4) is 0 Å². The lowest BCUT2D eigenvalue weighted by molar-refractivity contribution is 0.129. The average Bonchev–Trinajstić information content (AvgIpc) is 2.22. The van der Waals surface area contributed by atoms with Crippen molar-refractivity contribution >= 4 is 0 Å². The van der Waals surface area contributed by atoms with Crippen molar-refractivity contribution in [2.45, 2.75) is 38.6 Å². The third kappa shape index (κ3) is 4.96. The molecule has 0 aromatic rings. The van der Waals surface area contributed by atoms with Crippen LogP contribution in [0.3, 0.4) is 0 Å². The second-order valence-electron chi connectivity index (χ2n) is 4.75. The molecule has 0 amide bonds. The molecule has 1 unspecified atom stereocenters. The summed E-state index contributed by atoms with van der Waals surface area (Å²) < 4.78 is 5.05. The van der Waals surface area contributed by atoms with Gasteiger partial charge in [0, 0.05) is 19.7 Å². The fourth-order valence-electron chi connectivity index (χ4n) is 2.46. The lowest BCUT2D eigenvalue weighted by Gasteiger charge is -2.33. The highest BCUT2D eigenvalue weighted by Gasteiger charge is 2.19. The standard InChI is InChI=1S/C12H26N2O/c1-3-4-11-5-7-14(8-6-11)9-12(13)10-15-2/h11-12H,3-10,13H2,1-2H3. The van der Waals surface area contributed by atoms with Gasteiger partial charge >= 0.3 is 0 Å². The van der Waals surface area contributed by atoms with Crippen LogP contribution in [-0.4, -0.2) is 44.3 Å². The molecule has 90 valence electrons. The van der Waals surface area contributed by atoms with Crippen LogP contribution in [0.15, 0.2) is 0 Å². The highest BCUT2D eigenvalue weighted by Crippen LogP contribution is 2.21. The molecule has 1 heterocycles. The van der Waals surface area contributed by atoms with E-state index in [0.29, 0.717) is 6.61 Å². The van der Waals surface area contributed by atoms with Crippen LogP contribution < -0.4 is 5.73 Å². The molecule has 1 atom stereocenters. The maximum Gasteiger partial charge on any atom is 0.0626 e. The molecule has 0 bridgehead atoms. The van der Waals surface area contributed by atoms with Crippen LogP contribution in [-0.2, 0) is 4.74 Å². The maximum atomic E-state index is 5.94. The number of nitrogens with two attached hydrogens (primary N) is 1. The van der Waals surface area contributed by atoms with Crippen molar-refractivity contribution < 1.29 is 4.74 Å². The molecule has 1 aliphatic rings. The number of rotatable bonds is 6. The van der Waals surface area contributed by atoms with Crippen molar-refractivity contribution in [1.82, 2.24) is 4.90 Å². The van der Waals surface area contributed by atoms with Crippen LogP contribution in [0.4, 0.5) is 0 Å². The summed E-state index contributed by atoms with van der Waals surface area (Å²) in [6.45, 7) is 6.40. The Labute approximate surface area is 94.0 Å². The summed E-state index contributed by atoms with van der Waals surface area (Å²) in [4.78, 5) is 2.48. The van der Waals surface area contributed by atoms with E-state index in [1.807, 2.05) is 0 Å². The molecule has 3 heteroatoms. The van der Waals surface area contributed by atoms with Crippen molar-refractivity contribution in [3.05, 3.63) is 0 Å². The Morgan fingerprint density at radius 2 is 2.07 bits per heavy atom. The predicted octanol–water partition coefficient (Wildman–Crippen LogP) is 1.47. The van der Waals surface area contributed by atoms with E-state index in [1.54, 1.807) is 7.11 Å².